The molecule has 0 saturated carbocycles. The Balaban J connectivity index is 0.00000101. The first-order chi connectivity index (χ1) is 14.2. The van der Waals surface area contributed by atoms with Crippen molar-refractivity contribution in [2.75, 3.05) is 33.1 Å². The van der Waals surface area contributed by atoms with Crippen molar-refractivity contribution in [1.29, 1.82) is 0 Å². The van der Waals surface area contributed by atoms with Gasteiger partial charge in [-0.25, -0.2) is 17.7 Å². The van der Waals surface area contributed by atoms with Crippen LogP contribution in [-0.4, -0.2) is 66.9 Å². The molecule has 8 nitrogen and oxygen atoms in total. The first kappa shape index (κ1) is 24.0. The molecule has 0 radical (unpaired) electrons. The monoisotopic (exact) mass is 437 g/mol. The number of hydrogen-bond acceptors (Lipinski definition) is 5. The Bertz CT molecular complexity index is 907. The van der Waals surface area contributed by atoms with Crippen molar-refractivity contribution in [3.63, 3.8) is 0 Å². The number of imidazole rings is 1. The van der Waals surface area contributed by atoms with E-state index in [0.717, 1.165) is 17.8 Å². The predicted molar refractivity (Wildman–Crippen MR) is 116 cm³/mol. The SMILES string of the molecule is CC(C)Cc1ccc(-c2nccn2[C@@H]2COC[C@H]2CS(=O)(=O)N(C)C)cc1.O=CO. The molecule has 2 atom stereocenters. The normalized spacial score (nSPS) is 19.0. The van der Waals surface area contributed by atoms with Gasteiger partial charge in [-0.3, -0.25) is 4.79 Å². The van der Waals surface area contributed by atoms with E-state index in [1.807, 2.05) is 6.20 Å². The molecule has 0 aliphatic carbocycles. The maximum Gasteiger partial charge on any atom is 0.290 e. The molecular weight excluding hydrogens is 406 g/mol. The summed E-state index contributed by atoms with van der Waals surface area (Å²) in [6.07, 6.45) is 4.74. The number of carbonyl (C=O) groups is 1. The van der Waals surface area contributed by atoms with E-state index in [1.54, 1.807) is 20.3 Å². The second kappa shape index (κ2) is 10.7. The minimum Gasteiger partial charge on any atom is -0.483 e. The zero-order valence-corrected chi connectivity index (χ0v) is 18.7. The van der Waals surface area contributed by atoms with Gasteiger partial charge >= 0.3 is 0 Å². The van der Waals surface area contributed by atoms with Gasteiger partial charge in [0.25, 0.3) is 6.47 Å². The summed E-state index contributed by atoms with van der Waals surface area (Å²) >= 11 is 0. The van der Waals surface area contributed by atoms with E-state index in [0.29, 0.717) is 19.1 Å². The highest BCUT2D eigenvalue weighted by atomic mass is 32.2. The van der Waals surface area contributed by atoms with E-state index in [2.05, 4.69) is 47.7 Å². The van der Waals surface area contributed by atoms with Crippen molar-refractivity contribution < 1.29 is 23.1 Å². The van der Waals surface area contributed by atoms with Gasteiger partial charge in [0.15, 0.2) is 0 Å². The summed E-state index contributed by atoms with van der Waals surface area (Å²) in [5.41, 5.74) is 2.35. The second-order valence-corrected chi connectivity index (χ2v) is 10.2. The number of aromatic nitrogens is 2. The molecule has 9 heteroatoms. The van der Waals surface area contributed by atoms with Gasteiger partial charge in [0.1, 0.15) is 5.82 Å². The van der Waals surface area contributed by atoms with E-state index < -0.39 is 10.0 Å². The number of rotatable bonds is 7. The fourth-order valence-corrected chi connectivity index (χ4v) is 4.70. The average molecular weight is 438 g/mol. The van der Waals surface area contributed by atoms with E-state index >= 15 is 0 Å². The van der Waals surface area contributed by atoms with Gasteiger partial charge in [0.2, 0.25) is 10.0 Å². The molecule has 166 valence electrons. The minimum atomic E-state index is -3.28. The third-order valence-electron chi connectivity index (χ3n) is 5.03. The first-order valence-electron chi connectivity index (χ1n) is 9.87. The molecule has 1 N–H and O–H groups in total. The van der Waals surface area contributed by atoms with Crippen LogP contribution in [0.15, 0.2) is 36.7 Å². The fraction of sp³-hybridized carbons (Fsp3) is 0.524. The molecule has 2 aromatic rings. The molecular formula is C21H31N3O5S. The Kier molecular flexibility index (Phi) is 8.57. The molecule has 0 bridgehead atoms. The Morgan fingerprint density at radius 1 is 1.27 bits per heavy atom. The van der Waals surface area contributed by atoms with Gasteiger partial charge in [-0.15, -0.1) is 0 Å². The molecule has 0 spiro atoms. The van der Waals surface area contributed by atoms with E-state index in [9.17, 15) is 8.42 Å². The highest BCUT2D eigenvalue weighted by Crippen LogP contribution is 2.32. The fourth-order valence-electron chi connectivity index (χ4n) is 3.54. The van der Waals surface area contributed by atoms with Crippen LogP contribution in [0.25, 0.3) is 11.4 Å². The van der Waals surface area contributed by atoms with Gasteiger partial charge in [0.05, 0.1) is 25.0 Å². The van der Waals surface area contributed by atoms with Crippen LogP contribution in [0.2, 0.25) is 0 Å². The van der Waals surface area contributed by atoms with Crippen molar-refractivity contribution in [2.45, 2.75) is 26.3 Å². The highest BCUT2D eigenvalue weighted by Gasteiger charge is 2.35. The molecule has 1 aromatic carbocycles. The molecule has 2 heterocycles. The topological polar surface area (TPSA) is 102 Å². The second-order valence-electron chi connectivity index (χ2n) is 7.98. The summed E-state index contributed by atoms with van der Waals surface area (Å²) in [6, 6.07) is 8.45. The lowest BCUT2D eigenvalue weighted by Crippen LogP contribution is -2.32. The summed E-state index contributed by atoms with van der Waals surface area (Å²) in [4.78, 5) is 12.9. The standard InChI is InChI=1S/C20H29N3O3S.CH2O2/c1-15(2)11-16-5-7-17(8-6-16)20-21-9-10-23(20)19-13-26-12-18(19)14-27(24,25)22(3)4;2-1-3/h5-10,15,18-19H,11-14H2,1-4H3;1H,(H,2,3)/t18-,19+;/m0./s1. The molecule has 0 amide bonds. The highest BCUT2D eigenvalue weighted by molar-refractivity contribution is 7.89. The van der Waals surface area contributed by atoms with Crippen LogP contribution in [0, 0.1) is 11.8 Å². The van der Waals surface area contributed by atoms with Crippen LogP contribution in [0.1, 0.15) is 25.5 Å². The van der Waals surface area contributed by atoms with Crippen LogP contribution in [0.3, 0.4) is 0 Å². The first-order valence-corrected chi connectivity index (χ1v) is 11.5. The van der Waals surface area contributed by atoms with E-state index in [1.165, 1.54) is 9.87 Å². The summed E-state index contributed by atoms with van der Waals surface area (Å²) in [6.45, 7) is 5.12. The summed E-state index contributed by atoms with van der Waals surface area (Å²) in [5.74, 6) is 1.46. The van der Waals surface area contributed by atoms with E-state index in [-0.39, 0.29) is 24.2 Å². The van der Waals surface area contributed by atoms with Gasteiger partial charge in [-0.1, -0.05) is 38.1 Å². The molecule has 0 unspecified atom stereocenters. The Labute approximate surface area is 178 Å². The number of benzene rings is 1. The number of nitrogens with zero attached hydrogens (tertiary/aromatic N) is 3. The van der Waals surface area contributed by atoms with Crippen LogP contribution in [-0.2, 0) is 26.0 Å². The Hall–Kier alpha value is -2.23. The third kappa shape index (κ3) is 6.13. The molecule has 1 fully saturated rings. The predicted octanol–water partition coefficient (Wildman–Crippen LogP) is 2.53. The lowest BCUT2D eigenvalue weighted by molar-refractivity contribution is -0.122. The summed E-state index contributed by atoms with van der Waals surface area (Å²) < 4.78 is 33.6. The summed E-state index contributed by atoms with van der Waals surface area (Å²) in [7, 11) is -0.139. The lowest BCUT2D eigenvalue weighted by atomic mass is 10.0. The Morgan fingerprint density at radius 2 is 1.90 bits per heavy atom. The smallest absolute Gasteiger partial charge is 0.290 e. The minimum absolute atomic E-state index is 0.0347. The number of hydrogen-bond donors (Lipinski definition) is 1. The maximum atomic E-state index is 12.3. The largest absolute Gasteiger partial charge is 0.483 e. The molecule has 3 rings (SSSR count). The van der Waals surface area contributed by atoms with Crippen molar-refractivity contribution in [3.8, 4) is 11.4 Å². The van der Waals surface area contributed by atoms with Crippen LogP contribution in [0.4, 0.5) is 0 Å². The van der Waals surface area contributed by atoms with Crippen LogP contribution in [0.5, 0.6) is 0 Å². The third-order valence-corrected chi connectivity index (χ3v) is 6.99. The number of ether oxygens (including phenoxy) is 1. The average Bonchev–Trinajstić information content (AvgIpc) is 3.31. The quantitative estimate of drug-likeness (QED) is 0.668. The zero-order valence-electron chi connectivity index (χ0n) is 17.9. The molecule has 1 aliphatic rings. The molecule has 1 aromatic heterocycles. The summed E-state index contributed by atoms with van der Waals surface area (Å²) in [5, 5.41) is 6.89. The van der Waals surface area contributed by atoms with Crippen molar-refractivity contribution >= 4 is 16.5 Å². The van der Waals surface area contributed by atoms with Gasteiger partial charge < -0.3 is 14.4 Å². The van der Waals surface area contributed by atoms with Gasteiger partial charge in [-0.05, 0) is 17.9 Å². The number of carboxylic acid groups (broad SMARTS) is 1. The lowest BCUT2D eigenvalue weighted by Gasteiger charge is -2.22. The van der Waals surface area contributed by atoms with Crippen LogP contribution < -0.4 is 0 Å². The van der Waals surface area contributed by atoms with Gasteiger partial charge in [0, 0.05) is 38.0 Å². The van der Waals surface area contributed by atoms with Crippen molar-refractivity contribution in [3.05, 3.63) is 42.2 Å². The molecule has 1 aliphatic heterocycles. The molecule has 1 saturated heterocycles. The van der Waals surface area contributed by atoms with Crippen LogP contribution >= 0.6 is 0 Å². The molecule has 30 heavy (non-hydrogen) atoms. The van der Waals surface area contributed by atoms with Crippen molar-refractivity contribution in [2.24, 2.45) is 11.8 Å². The van der Waals surface area contributed by atoms with E-state index in [4.69, 9.17) is 14.6 Å². The Morgan fingerprint density at radius 3 is 2.47 bits per heavy atom. The number of sulfonamides is 1. The van der Waals surface area contributed by atoms with Gasteiger partial charge in [-0.2, -0.15) is 0 Å². The zero-order chi connectivity index (χ0) is 22.3. The van der Waals surface area contributed by atoms with Crippen molar-refractivity contribution in [1.82, 2.24) is 13.9 Å². The maximum absolute atomic E-state index is 12.3.